The van der Waals surface area contributed by atoms with E-state index in [-0.39, 0.29) is 25.7 Å². The van der Waals surface area contributed by atoms with E-state index in [4.69, 9.17) is 37.0 Å². The molecule has 5 unspecified atom stereocenters. The van der Waals surface area contributed by atoms with Gasteiger partial charge < -0.3 is 33.8 Å². The fraction of sp³-hybridized carbons (Fsp3) is 0.632. The Balaban J connectivity index is 5.46. The molecule has 0 saturated carbocycles. The third-order valence-corrected chi connectivity index (χ3v) is 18.1. The van der Waals surface area contributed by atoms with Gasteiger partial charge in [0, 0.05) is 25.7 Å². The normalized spacial score (nSPS) is 14.7. The number of unbranched alkanes of at least 4 members (excludes halogenated alkanes) is 20. The molecular weight excluding hydrogens is 1380 g/mol. The second kappa shape index (κ2) is 77.6. The second-order valence-corrected chi connectivity index (χ2v) is 29.1. The molecule has 0 aliphatic carbocycles. The molecule has 0 aromatic rings. The highest BCUT2D eigenvalue weighted by Gasteiger charge is 2.30. The molecule has 3 N–H and O–H groups in total. The fourth-order valence-electron chi connectivity index (χ4n) is 10.1. The van der Waals surface area contributed by atoms with E-state index in [1.165, 1.54) is 25.7 Å². The van der Waals surface area contributed by atoms with Crippen LogP contribution in [0.15, 0.2) is 170 Å². The number of rotatable bonds is 74. The molecule has 0 bridgehead atoms. The number of allylic oxidation sites excluding steroid dienone is 28. The summed E-state index contributed by atoms with van der Waals surface area (Å²) in [6.07, 6.45) is 91.9. The van der Waals surface area contributed by atoms with Crippen molar-refractivity contribution in [1.29, 1.82) is 0 Å². The smallest absolute Gasteiger partial charge is 0.462 e. The third kappa shape index (κ3) is 76.6. The molecule has 0 radical (unpaired) electrons. The van der Waals surface area contributed by atoms with Gasteiger partial charge in [-0.05, 0) is 167 Å². The minimum atomic E-state index is -5.01. The van der Waals surface area contributed by atoms with Crippen LogP contribution in [0.3, 0.4) is 0 Å². The van der Waals surface area contributed by atoms with E-state index in [1.54, 1.807) is 0 Å². The minimum Gasteiger partial charge on any atom is -0.462 e. The van der Waals surface area contributed by atoms with Crippen LogP contribution in [-0.4, -0.2) is 96.7 Å². The molecule has 0 heterocycles. The highest BCUT2D eigenvalue weighted by molar-refractivity contribution is 7.47. The largest absolute Gasteiger partial charge is 0.472 e. The van der Waals surface area contributed by atoms with Gasteiger partial charge in [0.15, 0.2) is 12.2 Å². The SMILES string of the molecule is CC/C=C\C/C=C\C/C=C\C/C=C\C/C=C\CCCC(=O)OC(COC(=O)CCCCCCCC/C=C\C/C=C\C/C=C\C/C=C\CC)COP(=O)(O)OCC(O)COP(=O)(O)OCC(COC(=O)CCCCCC/C=C\C/C=C\C/C=C\C/C=C\CC)OC(=O)CCCCCCC/C=C\CCCCCC. The van der Waals surface area contributed by atoms with E-state index in [2.05, 4.69) is 186 Å². The average molecular weight is 1520 g/mol. The second-order valence-electron chi connectivity index (χ2n) is 26.2. The molecular formula is C87H142O17P2. The van der Waals surface area contributed by atoms with Crippen molar-refractivity contribution in [2.75, 3.05) is 39.6 Å². The zero-order valence-corrected chi connectivity index (χ0v) is 67.6. The molecule has 0 aliphatic rings. The van der Waals surface area contributed by atoms with Crippen molar-refractivity contribution in [3.8, 4) is 0 Å². The lowest BCUT2D eigenvalue weighted by atomic mass is 10.1. The Labute approximate surface area is 642 Å². The Morgan fingerprint density at radius 1 is 0.274 bits per heavy atom. The van der Waals surface area contributed by atoms with Crippen LogP contribution in [0.1, 0.15) is 297 Å². The summed E-state index contributed by atoms with van der Waals surface area (Å²) >= 11 is 0. The number of hydrogen-bond acceptors (Lipinski definition) is 15. The molecule has 0 rings (SSSR count). The van der Waals surface area contributed by atoms with E-state index in [0.717, 1.165) is 186 Å². The third-order valence-electron chi connectivity index (χ3n) is 16.2. The number of aliphatic hydroxyl groups excluding tert-OH is 1. The van der Waals surface area contributed by atoms with E-state index in [9.17, 15) is 43.2 Å². The summed E-state index contributed by atoms with van der Waals surface area (Å²) in [6, 6.07) is 0. The first kappa shape index (κ1) is 100. The van der Waals surface area contributed by atoms with Gasteiger partial charge in [-0.1, -0.05) is 275 Å². The molecule has 0 aromatic heterocycles. The molecule has 106 heavy (non-hydrogen) atoms. The van der Waals surface area contributed by atoms with Crippen LogP contribution in [0.5, 0.6) is 0 Å². The summed E-state index contributed by atoms with van der Waals surface area (Å²) in [6.45, 7) is 4.39. The lowest BCUT2D eigenvalue weighted by molar-refractivity contribution is -0.161. The predicted molar refractivity (Wildman–Crippen MR) is 436 cm³/mol. The van der Waals surface area contributed by atoms with Crippen LogP contribution in [0.25, 0.3) is 0 Å². The Morgan fingerprint density at radius 3 is 0.802 bits per heavy atom. The molecule has 602 valence electrons. The molecule has 5 atom stereocenters. The van der Waals surface area contributed by atoms with E-state index in [1.807, 2.05) is 12.2 Å². The van der Waals surface area contributed by atoms with Gasteiger partial charge in [-0.15, -0.1) is 0 Å². The Kier molecular flexibility index (Phi) is 73.5. The van der Waals surface area contributed by atoms with Gasteiger partial charge in [-0.3, -0.25) is 37.3 Å². The molecule has 0 spiro atoms. The summed E-state index contributed by atoms with van der Waals surface area (Å²) in [5, 5.41) is 10.6. The molecule has 0 saturated heterocycles. The number of ether oxygens (including phenoxy) is 4. The lowest BCUT2D eigenvalue weighted by Gasteiger charge is -2.21. The van der Waals surface area contributed by atoms with Gasteiger partial charge in [-0.2, -0.15) is 0 Å². The summed E-state index contributed by atoms with van der Waals surface area (Å²) in [4.78, 5) is 73.1. The first-order valence-corrected chi connectivity index (χ1v) is 43.4. The summed E-state index contributed by atoms with van der Waals surface area (Å²) in [5.41, 5.74) is 0. The van der Waals surface area contributed by atoms with Gasteiger partial charge in [0.05, 0.1) is 26.4 Å². The van der Waals surface area contributed by atoms with Crippen LogP contribution in [0.2, 0.25) is 0 Å². The number of hydrogen-bond donors (Lipinski definition) is 3. The maximum atomic E-state index is 13.1. The zero-order chi connectivity index (χ0) is 77.4. The van der Waals surface area contributed by atoms with Crippen LogP contribution in [0.4, 0.5) is 0 Å². The Morgan fingerprint density at radius 2 is 0.500 bits per heavy atom. The number of carbonyl (C=O) groups is 4. The van der Waals surface area contributed by atoms with Crippen molar-refractivity contribution in [2.45, 2.75) is 316 Å². The summed E-state index contributed by atoms with van der Waals surface area (Å²) in [5.74, 6) is -2.30. The summed E-state index contributed by atoms with van der Waals surface area (Å²) < 4.78 is 68.6. The van der Waals surface area contributed by atoms with E-state index in [0.29, 0.717) is 32.1 Å². The van der Waals surface area contributed by atoms with Crippen molar-refractivity contribution in [1.82, 2.24) is 0 Å². The minimum absolute atomic E-state index is 0.00671. The highest BCUT2D eigenvalue weighted by atomic mass is 31.2. The van der Waals surface area contributed by atoms with E-state index >= 15 is 0 Å². The summed E-state index contributed by atoms with van der Waals surface area (Å²) in [7, 11) is -10.0. The van der Waals surface area contributed by atoms with Crippen LogP contribution >= 0.6 is 15.6 Å². The number of aliphatic hydroxyl groups is 1. The van der Waals surface area contributed by atoms with Crippen molar-refractivity contribution in [3.63, 3.8) is 0 Å². The van der Waals surface area contributed by atoms with Crippen LogP contribution < -0.4 is 0 Å². The molecule has 0 aliphatic heterocycles. The van der Waals surface area contributed by atoms with Gasteiger partial charge in [-0.25, -0.2) is 9.13 Å². The number of carbonyl (C=O) groups excluding carboxylic acids is 4. The van der Waals surface area contributed by atoms with Crippen LogP contribution in [-0.2, 0) is 65.4 Å². The molecule has 0 amide bonds. The molecule has 19 heteroatoms. The Hall–Kier alpha value is -5.58. The monoisotopic (exact) mass is 1520 g/mol. The van der Waals surface area contributed by atoms with Crippen molar-refractivity contribution in [2.24, 2.45) is 0 Å². The predicted octanol–water partition coefficient (Wildman–Crippen LogP) is 23.8. The zero-order valence-electron chi connectivity index (χ0n) is 65.8. The van der Waals surface area contributed by atoms with Gasteiger partial charge >= 0.3 is 39.5 Å². The van der Waals surface area contributed by atoms with E-state index < -0.39 is 97.5 Å². The lowest BCUT2D eigenvalue weighted by Crippen LogP contribution is -2.30. The van der Waals surface area contributed by atoms with Crippen molar-refractivity contribution < 1.29 is 80.2 Å². The van der Waals surface area contributed by atoms with Gasteiger partial charge in [0.1, 0.15) is 19.3 Å². The fourth-order valence-corrected chi connectivity index (χ4v) is 11.7. The first-order chi connectivity index (χ1) is 51.7. The van der Waals surface area contributed by atoms with Crippen LogP contribution in [0, 0.1) is 0 Å². The standard InChI is InChI=1S/C87H142O17P2/c1-5-9-13-17-21-25-29-33-36-39-40-43-45-49-52-56-60-64-68-72-85(90)98-78-83(104-87(92)74-70-66-62-58-54-50-46-42-38-35-31-27-23-19-15-11-7-3)80-102-106(95,96)100-76-81(88)75-99-105(93,94)101-79-82(103-86(91)73-69-65-61-57-53-47-32-28-24-20-16-12-8-4)77-97-84(89)71-67-63-59-55-51-48-44-41-37-34-30-26-22-18-14-10-6-2/h9-11,13-15,21-23,25-28,32-38,40,43-44,46,48,50,58,62,81-83,88H,5-8,12,16-20,24,29-31,39,41-42,45,47,49,51-57,59-61,63-80H2,1-4H3,(H,93,94)(H,95,96)/b13-9-,14-10-,15-11-,25-21-,26-22-,27-23-,32-28-,36-33-,37-34-,38-35-,43-40-,48-44-,50-46-,62-58-. The molecule has 17 nitrogen and oxygen atoms in total. The molecule has 0 aromatic carbocycles. The first-order valence-electron chi connectivity index (χ1n) is 40.4. The van der Waals surface area contributed by atoms with Gasteiger partial charge in [0.2, 0.25) is 0 Å². The number of esters is 4. The molecule has 0 fully saturated rings. The Bertz CT molecular complexity index is 2680. The maximum Gasteiger partial charge on any atom is 0.472 e. The topological polar surface area (TPSA) is 237 Å². The van der Waals surface area contributed by atoms with Crippen molar-refractivity contribution in [3.05, 3.63) is 170 Å². The van der Waals surface area contributed by atoms with Crippen molar-refractivity contribution >= 4 is 39.5 Å². The number of phosphoric ester groups is 2. The van der Waals surface area contributed by atoms with Gasteiger partial charge in [0.25, 0.3) is 0 Å². The average Bonchev–Trinajstić information content (AvgIpc) is 0.899. The quantitative estimate of drug-likeness (QED) is 0.0169. The number of phosphoric acid groups is 2. The highest BCUT2D eigenvalue weighted by Crippen LogP contribution is 2.45. The maximum absolute atomic E-state index is 13.1.